The van der Waals surface area contributed by atoms with Gasteiger partial charge < -0.3 is 19.5 Å². The predicted octanol–water partition coefficient (Wildman–Crippen LogP) is 0.364. The summed E-state index contributed by atoms with van der Waals surface area (Å²) in [6.45, 7) is 5.08. The summed E-state index contributed by atoms with van der Waals surface area (Å²) in [5, 5.41) is 18.0. The number of aromatic nitrogens is 3. The molecule has 0 radical (unpaired) electrons. The van der Waals surface area contributed by atoms with Gasteiger partial charge >= 0.3 is 0 Å². The number of piperidine rings is 2. The Kier molecular flexibility index (Phi) is 4.30. The van der Waals surface area contributed by atoms with E-state index in [1.54, 1.807) is 12.7 Å². The van der Waals surface area contributed by atoms with Crippen LogP contribution in [0.4, 0.5) is 0 Å². The maximum Gasteiger partial charge on any atom is 0.229 e. The first kappa shape index (κ1) is 16.0. The summed E-state index contributed by atoms with van der Waals surface area (Å²) in [6, 6.07) is 0. The van der Waals surface area contributed by atoms with Crippen LogP contribution in [-0.2, 0) is 11.3 Å². The molecule has 7 heteroatoms. The van der Waals surface area contributed by atoms with Crippen LogP contribution in [0.3, 0.4) is 0 Å². The van der Waals surface area contributed by atoms with Gasteiger partial charge in [0.05, 0.1) is 11.5 Å². The number of likely N-dealkylation sites (tertiary alicyclic amines) is 2. The van der Waals surface area contributed by atoms with Gasteiger partial charge in [0.25, 0.3) is 0 Å². The van der Waals surface area contributed by atoms with E-state index in [1.165, 1.54) is 12.8 Å². The molecule has 3 heterocycles. The minimum Gasteiger partial charge on any atom is -0.391 e. The van der Waals surface area contributed by atoms with Gasteiger partial charge in [-0.1, -0.05) is 0 Å². The zero-order valence-electron chi connectivity index (χ0n) is 14.2. The van der Waals surface area contributed by atoms with Crippen molar-refractivity contribution in [1.82, 2.24) is 24.6 Å². The second-order valence-corrected chi connectivity index (χ2v) is 7.83. The van der Waals surface area contributed by atoms with Crippen LogP contribution in [0, 0.1) is 11.3 Å². The fraction of sp³-hybridized carbons (Fsp3) is 0.824. The molecule has 1 aromatic rings. The second-order valence-electron chi connectivity index (χ2n) is 7.83. The molecule has 3 aliphatic rings. The summed E-state index contributed by atoms with van der Waals surface area (Å²) in [6.07, 6.45) is 7.98. The Labute approximate surface area is 142 Å². The number of aliphatic hydroxyl groups is 1. The molecule has 1 N–H and O–H groups in total. The van der Waals surface area contributed by atoms with E-state index in [2.05, 4.69) is 15.1 Å². The van der Waals surface area contributed by atoms with Crippen molar-refractivity contribution < 1.29 is 9.90 Å². The number of nitrogens with zero attached hydrogens (tertiary/aromatic N) is 5. The molecule has 7 nitrogen and oxygen atoms in total. The Hall–Kier alpha value is -1.47. The molecule has 0 bridgehead atoms. The minimum atomic E-state index is -0.356. The van der Waals surface area contributed by atoms with Gasteiger partial charge in [0.1, 0.15) is 12.7 Å². The molecule has 2 aliphatic heterocycles. The average Bonchev–Trinajstić information content (AvgIpc) is 3.23. The second kappa shape index (κ2) is 6.44. The molecule has 1 aromatic heterocycles. The van der Waals surface area contributed by atoms with Crippen LogP contribution in [-0.4, -0.2) is 74.4 Å². The third-order valence-corrected chi connectivity index (χ3v) is 5.93. The van der Waals surface area contributed by atoms with Crippen molar-refractivity contribution in [3.63, 3.8) is 0 Å². The van der Waals surface area contributed by atoms with E-state index in [0.29, 0.717) is 24.8 Å². The van der Waals surface area contributed by atoms with E-state index in [1.807, 2.05) is 9.47 Å². The molecule has 1 saturated carbocycles. The molecule has 24 heavy (non-hydrogen) atoms. The van der Waals surface area contributed by atoms with Gasteiger partial charge in [0, 0.05) is 26.2 Å². The maximum atomic E-state index is 13.0. The number of hydrogen-bond acceptors (Lipinski definition) is 5. The summed E-state index contributed by atoms with van der Waals surface area (Å²) in [5.41, 5.74) is -0.320. The van der Waals surface area contributed by atoms with Gasteiger partial charge in [0.2, 0.25) is 5.91 Å². The van der Waals surface area contributed by atoms with Gasteiger partial charge in [-0.2, -0.15) is 0 Å². The average molecular weight is 333 g/mol. The number of carbonyl (C=O) groups is 1. The highest BCUT2D eigenvalue weighted by Crippen LogP contribution is 2.42. The minimum absolute atomic E-state index is 0.304. The van der Waals surface area contributed by atoms with Crippen LogP contribution >= 0.6 is 0 Å². The Morgan fingerprint density at radius 2 is 1.88 bits per heavy atom. The van der Waals surface area contributed by atoms with E-state index in [9.17, 15) is 9.90 Å². The molecular formula is C17H27N5O2. The highest BCUT2D eigenvalue weighted by Gasteiger charge is 2.48. The van der Waals surface area contributed by atoms with Crippen LogP contribution in [0.15, 0.2) is 12.7 Å². The summed E-state index contributed by atoms with van der Waals surface area (Å²) < 4.78 is 1.98. The third-order valence-electron chi connectivity index (χ3n) is 5.93. The van der Waals surface area contributed by atoms with Crippen LogP contribution < -0.4 is 0 Å². The van der Waals surface area contributed by atoms with Crippen molar-refractivity contribution in [3.05, 3.63) is 12.7 Å². The lowest BCUT2D eigenvalue weighted by Crippen LogP contribution is -2.58. The first-order valence-electron chi connectivity index (χ1n) is 9.17. The summed E-state index contributed by atoms with van der Waals surface area (Å²) in [4.78, 5) is 17.4. The van der Waals surface area contributed by atoms with Crippen molar-refractivity contribution >= 4 is 5.91 Å². The first-order chi connectivity index (χ1) is 11.6. The largest absolute Gasteiger partial charge is 0.391 e. The Morgan fingerprint density at radius 3 is 2.54 bits per heavy atom. The smallest absolute Gasteiger partial charge is 0.229 e. The van der Waals surface area contributed by atoms with E-state index in [0.717, 1.165) is 45.6 Å². The molecule has 1 atom stereocenters. The number of amides is 1. The molecule has 1 aliphatic carbocycles. The number of aliphatic hydroxyl groups excluding tert-OH is 1. The maximum absolute atomic E-state index is 13.0. The van der Waals surface area contributed by atoms with E-state index in [-0.39, 0.29) is 11.5 Å². The molecule has 132 valence electrons. The van der Waals surface area contributed by atoms with Crippen LogP contribution in [0.2, 0.25) is 0 Å². The van der Waals surface area contributed by atoms with Crippen LogP contribution in [0.25, 0.3) is 0 Å². The highest BCUT2D eigenvalue weighted by atomic mass is 16.3. The van der Waals surface area contributed by atoms with Gasteiger partial charge in [-0.15, -0.1) is 10.2 Å². The zero-order valence-corrected chi connectivity index (χ0v) is 14.2. The van der Waals surface area contributed by atoms with Crippen molar-refractivity contribution in [2.45, 2.75) is 44.8 Å². The number of β-amino-alcohol motifs (C(OH)–C–C–N with tert-alkyl or cyclic N) is 1. The van der Waals surface area contributed by atoms with Crippen molar-refractivity contribution in [2.75, 3.05) is 32.7 Å². The lowest BCUT2D eigenvalue weighted by atomic mass is 9.71. The molecule has 3 fully saturated rings. The van der Waals surface area contributed by atoms with E-state index >= 15 is 0 Å². The SMILES string of the molecule is O=C1N(CC2CC2)CC(O)CC12CCN(CCn1cnnc1)CC2. The normalized spacial score (nSPS) is 27.8. The molecule has 0 aromatic carbocycles. The lowest BCUT2D eigenvalue weighted by Gasteiger charge is -2.48. The highest BCUT2D eigenvalue weighted by molar-refractivity contribution is 5.84. The monoisotopic (exact) mass is 333 g/mol. The third kappa shape index (κ3) is 3.32. The lowest BCUT2D eigenvalue weighted by molar-refractivity contribution is -0.156. The van der Waals surface area contributed by atoms with Gasteiger partial charge in [0.15, 0.2) is 0 Å². The number of rotatable bonds is 5. The zero-order chi connectivity index (χ0) is 16.6. The Morgan fingerprint density at radius 1 is 1.17 bits per heavy atom. The van der Waals surface area contributed by atoms with Crippen LogP contribution in [0.1, 0.15) is 32.1 Å². The summed E-state index contributed by atoms with van der Waals surface area (Å²) in [7, 11) is 0. The predicted molar refractivity (Wildman–Crippen MR) is 88.1 cm³/mol. The summed E-state index contributed by atoms with van der Waals surface area (Å²) in [5.74, 6) is 0.985. The standard InChI is InChI=1S/C17H27N5O2/c23-15-9-17(16(24)22(11-15)10-14-1-2-14)3-5-20(6-4-17)7-8-21-12-18-19-13-21/h12-15,23H,1-11H2. The van der Waals surface area contributed by atoms with Crippen molar-refractivity contribution in [3.8, 4) is 0 Å². The molecular weight excluding hydrogens is 306 g/mol. The molecule has 4 rings (SSSR count). The molecule has 1 amide bonds. The van der Waals surface area contributed by atoms with E-state index in [4.69, 9.17) is 0 Å². The topological polar surface area (TPSA) is 74.5 Å². The number of hydrogen-bond donors (Lipinski definition) is 1. The molecule has 1 unspecified atom stereocenters. The summed E-state index contributed by atoms with van der Waals surface area (Å²) >= 11 is 0. The van der Waals surface area contributed by atoms with Gasteiger partial charge in [-0.3, -0.25) is 4.79 Å². The quantitative estimate of drug-likeness (QED) is 0.842. The number of carbonyl (C=O) groups excluding carboxylic acids is 1. The fourth-order valence-corrected chi connectivity index (χ4v) is 4.26. The van der Waals surface area contributed by atoms with Crippen molar-refractivity contribution in [2.24, 2.45) is 11.3 Å². The van der Waals surface area contributed by atoms with Gasteiger partial charge in [-0.05, 0) is 51.1 Å². The van der Waals surface area contributed by atoms with E-state index < -0.39 is 0 Å². The van der Waals surface area contributed by atoms with Gasteiger partial charge in [-0.25, -0.2) is 0 Å². The Bertz CT molecular complexity index is 562. The fourth-order valence-electron chi connectivity index (χ4n) is 4.26. The first-order valence-corrected chi connectivity index (χ1v) is 9.17. The van der Waals surface area contributed by atoms with Crippen LogP contribution in [0.5, 0.6) is 0 Å². The molecule has 2 saturated heterocycles. The Balaban J connectivity index is 1.34. The van der Waals surface area contributed by atoms with Crippen molar-refractivity contribution in [1.29, 1.82) is 0 Å². The molecule has 1 spiro atoms.